The van der Waals surface area contributed by atoms with Crippen LogP contribution in [0.3, 0.4) is 0 Å². The van der Waals surface area contributed by atoms with Gasteiger partial charge in [0, 0.05) is 12.1 Å². The summed E-state index contributed by atoms with van der Waals surface area (Å²) in [6, 6.07) is 6.67. The van der Waals surface area contributed by atoms with E-state index in [9.17, 15) is 4.79 Å². The van der Waals surface area contributed by atoms with E-state index in [0.29, 0.717) is 6.54 Å². The number of benzene rings is 1. The van der Waals surface area contributed by atoms with Crippen LogP contribution in [0, 0.1) is 0 Å². The molecule has 0 aromatic heterocycles. The molecule has 2 N–H and O–H groups in total. The highest BCUT2D eigenvalue weighted by Crippen LogP contribution is 2.31. The largest absolute Gasteiger partial charge is 0.497 e. The van der Waals surface area contributed by atoms with E-state index < -0.39 is 0 Å². The summed E-state index contributed by atoms with van der Waals surface area (Å²) < 4.78 is 5.27. The van der Waals surface area contributed by atoms with Gasteiger partial charge in [-0.1, -0.05) is 6.07 Å². The molecule has 1 atom stereocenters. The van der Waals surface area contributed by atoms with Crippen molar-refractivity contribution in [2.45, 2.75) is 45.2 Å². The Kier molecular flexibility index (Phi) is 5.01. The zero-order valence-corrected chi connectivity index (χ0v) is 12.5. The van der Waals surface area contributed by atoms with Gasteiger partial charge in [-0.25, -0.2) is 0 Å². The van der Waals surface area contributed by atoms with Gasteiger partial charge in [-0.3, -0.25) is 4.79 Å². The Morgan fingerprint density at radius 3 is 2.95 bits per heavy atom. The lowest BCUT2D eigenvalue weighted by atomic mass is 9.87. The van der Waals surface area contributed by atoms with Gasteiger partial charge in [0.1, 0.15) is 5.75 Å². The van der Waals surface area contributed by atoms with Crippen molar-refractivity contribution in [2.75, 3.05) is 13.7 Å². The highest BCUT2D eigenvalue weighted by Gasteiger charge is 2.20. The molecule has 4 nitrogen and oxygen atoms in total. The van der Waals surface area contributed by atoms with Gasteiger partial charge < -0.3 is 15.4 Å². The molecule has 0 radical (unpaired) electrons. The quantitative estimate of drug-likeness (QED) is 0.866. The molecule has 0 saturated heterocycles. The number of hydrogen-bond donors (Lipinski definition) is 2. The second-order valence-corrected chi connectivity index (χ2v) is 5.61. The summed E-state index contributed by atoms with van der Waals surface area (Å²) in [5, 5.41) is 6.27. The lowest BCUT2D eigenvalue weighted by Gasteiger charge is -2.27. The van der Waals surface area contributed by atoms with Gasteiger partial charge in [0.15, 0.2) is 0 Å². The third-order valence-electron chi connectivity index (χ3n) is 3.62. The van der Waals surface area contributed by atoms with Gasteiger partial charge >= 0.3 is 0 Å². The zero-order chi connectivity index (χ0) is 14.5. The molecule has 2 rings (SSSR count). The highest BCUT2D eigenvalue weighted by molar-refractivity contribution is 5.78. The van der Waals surface area contributed by atoms with Crippen molar-refractivity contribution in [3.8, 4) is 5.75 Å². The number of aryl methyl sites for hydroxylation is 1. The van der Waals surface area contributed by atoms with Crippen LogP contribution in [0.1, 0.15) is 43.9 Å². The number of carbonyl (C=O) groups excluding carboxylic acids is 1. The van der Waals surface area contributed by atoms with Gasteiger partial charge in [0.25, 0.3) is 0 Å². The van der Waals surface area contributed by atoms with E-state index in [1.807, 2.05) is 19.9 Å². The first-order chi connectivity index (χ1) is 9.60. The molecule has 0 spiro atoms. The molecule has 4 heteroatoms. The Morgan fingerprint density at radius 1 is 1.45 bits per heavy atom. The summed E-state index contributed by atoms with van der Waals surface area (Å²) in [6.07, 6.45) is 3.31. The SMILES string of the molecule is COc1ccc2c(c1)CCCC2NCC(=O)NC(C)C. The van der Waals surface area contributed by atoms with Crippen molar-refractivity contribution in [3.05, 3.63) is 29.3 Å². The van der Waals surface area contributed by atoms with E-state index in [4.69, 9.17) is 4.74 Å². The number of carbonyl (C=O) groups is 1. The number of amides is 1. The minimum atomic E-state index is 0.0561. The molecule has 1 aromatic carbocycles. The smallest absolute Gasteiger partial charge is 0.234 e. The second-order valence-electron chi connectivity index (χ2n) is 5.61. The number of ether oxygens (including phenoxy) is 1. The third kappa shape index (κ3) is 3.73. The summed E-state index contributed by atoms with van der Waals surface area (Å²) in [4.78, 5) is 11.7. The van der Waals surface area contributed by atoms with Crippen LogP contribution in [-0.2, 0) is 11.2 Å². The molecule has 1 unspecified atom stereocenters. The Hall–Kier alpha value is -1.55. The standard InChI is InChI=1S/C16H24N2O2/c1-11(2)18-16(19)10-17-15-6-4-5-12-9-13(20-3)7-8-14(12)15/h7-9,11,15,17H,4-6,10H2,1-3H3,(H,18,19). The van der Waals surface area contributed by atoms with E-state index in [0.717, 1.165) is 25.0 Å². The van der Waals surface area contributed by atoms with Gasteiger partial charge in [-0.2, -0.15) is 0 Å². The fraction of sp³-hybridized carbons (Fsp3) is 0.562. The van der Waals surface area contributed by atoms with Crippen molar-refractivity contribution >= 4 is 5.91 Å². The number of nitrogens with one attached hydrogen (secondary N) is 2. The Balaban J connectivity index is 2.00. The predicted octanol–water partition coefficient (Wildman–Crippen LogP) is 2.19. The number of rotatable bonds is 5. The predicted molar refractivity (Wildman–Crippen MR) is 80.0 cm³/mol. The van der Waals surface area contributed by atoms with Crippen molar-refractivity contribution in [1.82, 2.24) is 10.6 Å². The molecule has 110 valence electrons. The minimum absolute atomic E-state index is 0.0561. The molecular formula is C16H24N2O2. The Labute approximate surface area is 120 Å². The Morgan fingerprint density at radius 2 is 2.25 bits per heavy atom. The molecule has 0 saturated carbocycles. The normalized spacial score (nSPS) is 17.7. The number of fused-ring (bicyclic) bond motifs is 1. The summed E-state index contributed by atoms with van der Waals surface area (Å²) in [5.41, 5.74) is 2.63. The Bertz CT molecular complexity index is 472. The van der Waals surface area contributed by atoms with E-state index in [1.54, 1.807) is 7.11 Å². The van der Waals surface area contributed by atoms with Crippen LogP contribution in [0.15, 0.2) is 18.2 Å². The van der Waals surface area contributed by atoms with Crippen LogP contribution in [0.4, 0.5) is 0 Å². The van der Waals surface area contributed by atoms with Crippen LogP contribution < -0.4 is 15.4 Å². The molecule has 1 aliphatic rings. The second kappa shape index (κ2) is 6.75. The van der Waals surface area contributed by atoms with Crippen LogP contribution in [-0.4, -0.2) is 25.6 Å². The fourth-order valence-electron chi connectivity index (χ4n) is 2.72. The van der Waals surface area contributed by atoms with Crippen molar-refractivity contribution in [2.24, 2.45) is 0 Å². The fourth-order valence-corrected chi connectivity index (χ4v) is 2.72. The van der Waals surface area contributed by atoms with E-state index in [1.165, 1.54) is 11.1 Å². The van der Waals surface area contributed by atoms with Crippen molar-refractivity contribution in [1.29, 1.82) is 0 Å². The van der Waals surface area contributed by atoms with Gasteiger partial charge in [0.05, 0.1) is 13.7 Å². The van der Waals surface area contributed by atoms with Crippen LogP contribution in [0.2, 0.25) is 0 Å². The van der Waals surface area contributed by atoms with E-state index in [-0.39, 0.29) is 18.0 Å². The van der Waals surface area contributed by atoms with Gasteiger partial charge in [-0.15, -0.1) is 0 Å². The summed E-state index contributed by atoms with van der Waals surface area (Å²) in [5.74, 6) is 0.961. The summed E-state index contributed by atoms with van der Waals surface area (Å²) in [6.45, 7) is 4.31. The molecule has 0 heterocycles. The first kappa shape index (κ1) is 14.9. The van der Waals surface area contributed by atoms with E-state index >= 15 is 0 Å². The average molecular weight is 276 g/mol. The first-order valence-electron chi connectivity index (χ1n) is 7.29. The minimum Gasteiger partial charge on any atom is -0.497 e. The van der Waals surface area contributed by atoms with Gasteiger partial charge in [-0.05, 0) is 56.4 Å². The number of hydrogen-bond acceptors (Lipinski definition) is 3. The maximum absolute atomic E-state index is 11.7. The first-order valence-corrected chi connectivity index (χ1v) is 7.29. The maximum atomic E-state index is 11.7. The molecule has 20 heavy (non-hydrogen) atoms. The summed E-state index contributed by atoms with van der Waals surface area (Å²) in [7, 11) is 1.69. The molecule has 1 amide bonds. The molecule has 1 aliphatic carbocycles. The lowest BCUT2D eigenvalue weighted by molar-refractivity contribution is -0.120. The third-order valence-corrected chi connectivity index (χ3v) is 3.62. The zero-order valence-electron chi connectivity index (χ0n) is 12.5. The van der Waals surface area contributed by atoms with Crippen LogP contribution >= 0.6 is 0 Å². The van der Waals surface area contributed by atoms with E-state index in [2.05, 4.69) is 22.8 Å². The highest BCUT2D eigenvalue weighted by atomic mass is 16.5. The number of methoxy groups -OCH3 is 1. The van der Waals surface area contributed by atoms with Crippen molar-refractivity contribution in [3.63, 3.8) is 0 Å². The average Bonchev–Trinajstić information content (AvgIpc) is 2.43. The van der Waals surface area contributed by atoms with Crippen molar-refractivity contribution < 1.29 is 9.53 Å². The van der Waals surface area contributed by atoms with Crippen LogP contribution in [0.5, 0.6) is 5.75 Å². The monoisotopic (exact) mass is 276 g/mol. The molecule has 0 aliphatic heterocycles. The lowest BCUT2D eigenvalue weighted by Crippen LogP contribution is -2.39. The topological polar surface area (TPSA) is 50.4 Å². The van der Waals surface area contributed by atoms with Gasteiger partial charge in [0.2, 0.25) is 5.91 Å². The van der Waals surface area contributed by atoms with Crippen LogP contribution in [0.25, 0.3) is 0 Å². The molecule has 0 bridgehead atoms. The summed E-state index contributed by atoms with van der Waals surface area (Å²) >= 11 is 0. The molecular weight excluding hydrogens is 252 g/mol. The maximum Gasteiger partial charge on any atom is 0.234 e. The molecule has 0 fully saturated rings. The molecule has 1 aromatic rings.